The fourth-order valence-corrected chi connectivity index (χ4v) is 3.46. The summed E-state index contributed by atoms with van der Waals surface area (Å²) in [5, 5.41) is 3.45. The average molecular weight is 523 g/mol. The molecule has 1 aromatic carbocycles. The number of aliphatic imine (C=N–C) groups is 1. The number of nitrogens with one attached hydrogen (secondary N) is 1. The summed E-state index contributed by atoms with van der Waals surface area (Å²) >= 11 is 0. The van der Waals surface area contributed by atoms with Crippen LogP contribution in [0, 0.1) is 0 Å². The van der Waals surface area contributed by atoms with Crippen molar-refractivity contribution >= 4 is 41.6 Å². The number of nitrogens with zero attached hydrogens (tertiary/aromatic N) is 6. The Balaban J connectivity index is 0.00000320. The minimum Gasteiger partial charge on any atom is -0.375 e. The first kappa shape index (κ1) is 24.2. The largest absolute Gasteiger partial charge is 0.375 e. The summed E-state index contributed by atoms with van der Waals surface area (Å²) in [6, 6.07) is 12.4. The third-order valence-electron chi connectivity index (χ3n) is 5.11. The second-order valence-electron chi connectivity index (χ2n) is 7.22. The number of aromatic nitrogens is 2. The van der Waals surface area contributed by atoms with Crippen LogP contribution in [0.25, 0.3) is 0 Å². The Kier molecular flexibility index (Phi) is 10.7. The summed E-state index contributed by atoms with van der Waals surface area (Å²) < 4.78 is 0. The molecule has 7 nitrogen and oxygen atoms in total. The molecule has 1 aliphatic rings. The van der Waals surface area contributed by atoms with Crippen LogP contribution in [0.5, 0.6) is 0 Å². The van der Waals surface area contributed by atoms with Gasteiger partial charge < -0.3 is 20.0 Å². The van der Waals surface area contributed by atoms with Crippen molar-refractivity contribution in [3.8, 4) is 0 Å². The molecule has 1 fully saturated rings. The van der Waals surface area contributed by atoms with E-state index in [4.69, 9.17) is 4.99 Å². The zero-order chi connectivity index (χ0) is 20.3. The Morgan fingerprint density at radius 2 is 1.73 bits per heavy atom. The van der Waals surface area contributed by atoms with Crippen molar-refractivity contribution in [3.05, 3.63) is 48.8 Å². The number of piperazine rings is 1. The lowest BCUT2D eigenvalue weighted by Crippen LogP contribution is -2.53. The molecule has 0 unspecified atom stereocenters. The summed E-state index contributed by atoms with van der Waals surface area (Å²) in [5.74, 6) is 1.84. The molecule has 8 heteroatoms. The van der Waals surface area contributed by atoms with Crippen LogP contribution in [0.2, 0.25) is 0 Å². The highest BCUT2D eigenvalue weighted by atomic mass is 127. The SMILES string of the molecule is CCNC(=NCCCCN(C)c1ccccc1)N1CCN(c2ncccn2)CC1.I. The van der Waals surface area contributed by atoms with Gasteiger partial charge in [-0.3, -0.25) is 4.99 Å². The van der Waals surface area contributed by atoms with Gasteiger partial charge in [0.1, 0.15) is 0 Å². The molecule has 164 valence electrons. The van der Waals surface area contributed by atoms with Crippen LogP contribution in [0.1, 0.15) is 19.8 Å². The van der Waals surface area contributed by atoms with E-state index in [1.54, 1.807) is 12.4 Å². The summed E-state index contributed by atoms with van der Waals surface area (Å²) in [6.07, 6.45) is 5.82. The zero-order valence-electron chi connectivity index (χ0n) is 18.1. The third kappa shape index (κ3) is 7.30. The van der Waals surface area contributed by atoms with Gasteiger partial charge in [-0.2, -0.15) is 0 Å². The molecular weight excluding hydrogens is 489 g/mol. The van der Waals surface area contributed by atoms with Crippen molar-refractivity contribution in [2.45, 2.75) is 19.8 Å². The molecule has 2 aromatic rings. The van der Waals surface area contributed by atoms with Crippen molar-refractivity contribution < 1.29 is 0 Å². The molecule has 0 spiro atoms. The van der Waals surface area contributed by atoms with Crippen LogP contribution in [0.4, 0.5) is 11.6 Å². The van der Waals surface area contributed by atoms with Gasteiger partial charge in [-0.15, -0.1) is 24.0 Å². The summed E-state index contributed by atoms with van der Waals surface area (Å²) in [5.41, 5.74) is 1.27. The summed E-state index contributed by atoms with van der Waals surface area (Å²) in [4.78, 5) is 20.5. The van der Waals surface area contributed by atoms with E-state index in [0.29, 0.717) is 0 Å². The monoisotopic (exact) mass is 523 g/mol. The number of hydrogen-bond donors (Lipinski definition) is 1. The number of guanidine groups is 1. The van der Waals surface area contributed by atoms with Gasteiger partial charge in [0.15, 0.2) is 5.96 Å². The minimum absolute atomic E-state index is 0. The lowest BCUT2D eigenvalue weighted by molar-refractivity contribution is 0.370. The van der Waals surface area contributed by atoms with Crippen molar-refractivity contribution in [3.63, 3.8) is 0 Å². The van der Waals surface area contributed by atoms with Crippen LogP contribution >= 0.6 is 24.0 Å². The Morgan fingerprint density at radius 3 is 2.40 bits per heavy atom. The lowest BCUT2D eigenvalue weighted by Gasteiger charge is -2.36. The maximum absolute atomic E-state index is 4.87. The molecule has 1 N–H and O–H groups in total. The predicted molar refractivity (Wildman–Crippen MR) is 136 cm³/mol. The highest BCUT2D eigenvalue weighted by Crippen LogP contribution is 2.12. The molecule has 2 heterocycles. The van der Waals surface area contributed by atoms with E-state index in [-0.39, 0.29) is 24.0 Å². The van der Waals surface area contributed by atoms with E-state index >= 15 is 0 Å². The van der Waals surface area contributed by atoms with Crippen LogP contribution in [-0.2, 0) is 0 Å². The van der Waals surface area contributed by atoms with E-state index < -0.39 is 0 Å². The van der Waals surface area contributed by atoms with E-state index in [0.717, 1.165) is 70.6 Å². The highest BCUT2D eigenvalue weighted by Gasteiger charge is 2.20. The zero-order valence-corrected chi connectivity index (χ0v) is 20.4. The van der Waals surface area contributed by atoms with Crippen molar-refractivity contribution in [1.29, 1.82) is 0 Å². The van der Waals surface area contributed by atoms with Gasteiger partial charge in [-0.25, -0.2) is 9.97 Å². The van der Waals surface area contributed by atoms with Gasteiger partial charge in [0.2, 0.25) is 5.95 Å². The molecule has 0 saturated carbocycles. The first-order valence-electron chi connectivity index (χ1n) is 10.6. The van der Waals surface area contributed by atoms with Gasteiger partial charge in [0.25, 0.3) is 0 Å². The van der Waals surface area contributed by atoms with Gasteiger partial charge in [0, 0.05) is 70.9 Å². The molecule has 1 aromatic heterocycles. The molecule has 0 atom stereocenters. The average Bonchev–Trinajstić information content (AvgIpc) is 2.79. The van der Waals surface area contributed by atoms with Gasteiger partial charge in [-0.05, 0) is 38.0 Å². The number of benzene rings is 1. The molecule has 3 rings (SSSR count). The number of anilines is 2. The maximum atomic E-state index is 4.87. The molecule has 1 saturated heterocycles. The number of hydrogen-bond acceptors (Lipinski definition) is 5. The molecule has 1 aliphatic heterocycles. The predicted octanol–water partition coefficient (Wildman–Crippen LogP) is 3.10. The quantitative estimate of drug-likeness (QED) is 0.249. The van der Waals surface area contributed by atoms with E-state index in [9.17, 15) is 0 Å². The molecule has 30 heavy (non-hydrogen) atoms. The van der Waals surface area contributed by atoms with Gasteiger partial charge in [0.05, 0.1) is 0 Å². The Hall–Kier alpha value is -2.10. The molecule has 0 aliphatic carbocycles. The normalized spacial score (nSPS) is 14.3. The first-order valence-corrected chi connectivity index (χ1v) is 10.6. The number of rotatable bonds is 8. The standard InChI is InChI=1S/C22H33N7.HI/c1-3-23-21(24-12-7-8-15-27(2)20-10-5-4-6-11-20)28-16-18-29(19-17-28)22-25-13-9-14-26-22;/h4-6,9-11,13-14H,3,7-8,12,15-19H2,1-2H3,(H,23,24);1H. The van der Waals surface area contributed by atoms with E-state index in [2.05, 4.69) is 74.3 Å². The number of halogens is 1. The Bertz CT molecular complexity index is 734. The third-order valence-corrected chi connectivity index (χ3v) is 5.11. The summed E-state index contributed by atoms with van der Waals surface area (Å²) in [7, 11) is 2.15. The second-order valence-corrected chi connectivity index (χ2v) is 7.22. The van der Waals surface area contributed by atoms with Gasteiger partial charge >= 0.3 is 0 Å². The highest BCUT2D eigenvalue weighted by molar-refractivity contribution is 14.0. The second kappa shape index (κ2) is 13.3. The van der Waals surface area contributed by atoms with E-state index in [1.807, 2.05) is 6.07 Å². The van der Waals surface area contributed by atoms with Crippen molar-refractivity contribution in [2.75, 3.05) is 62.7 Å². The van der Waals surface area contributed by atoms with E-state index in [1.165, 1.54) is 5.69 Å². The molecule has 0 amide bonds. The van der Waals surface area contributed by atoms with Crippen LogP contribution in [0.3, 0.4) is 0 Å². The summed E-state index contributed by atoms with van der Waals surface area (Å²) in [6.45, 7) is 8.60. The maximum Gasteiger partial charge on any atom is 0.225 e. The number of unbranched alkanes of at least 4 members (excludes halogenated alkanes) is 1. The molecule has 0 radical (unpaired) electrons. The van der Waals surface area contributed by atoms with Crippen LogP contribution in [0.15, 0.2) is 53.8 Å². The lowest BCUT2D eigenvalue weighted by atomic mass is 10.2. The van der Waals surface area contributed by atoms with Crippen LogP contribution in [-0.4, -0.2) is 73.7 Å². The first-order chi connectivity index (χ1) is 14.3. The molecular formula is C22H34IN7. The molecule has 0 bridgehead atoms. The fourth-order valence-electron chi connectivity index (χ4n) is 3.46. The number of para-hydroxylation sites is 1. The Labute approximate surface area is 197 Å². The van der Waals surface area contributed by atoms with Crippen molar-refractivity contribution in [2.24, 2.45) is 4.99 Å². The fraction of sp³-hybridized carbons (Fsp3) is 0.500. The minimum atomic E-state index is 0. The van der Waals surface area contributed by atoms with Crippen molar-refractivity contribution in [1.82, 2.24) is 20.2 Å². The van der Waals surface area contributed by atoms with Gasteiger partial charge in [-0.1, -0.05) is 18.2 Å². The van der Waals surface area contributed by atoms with Crippen LogP contribution < -0.4 is 15.1 Å². The Morgan fingerprint density at radius 1 is 1.03 bits per heavy atom. The smallest absolute Gasteiger partial charge is 0.225 e. The topological polar surface area (TPSA) is 59.9 Å².